The third kappa shape index (κ3) is 1.03. The van der Waals surface area contributed by atoms with E-state index in [1.807, 2.05) is 6.92 Å². The zero-order chi connectivity index (χ0) is 6.20. The van der Waals surface area contributed by atoms with Gasteiger partial charge in [-0.15, -0.1) is 0 Å². The Morgan fingerprint density at radius 3 is 2.25 bits per heavy atom. The molecular weight excluding hydrogens is 100 g/mol. The highest BCUT2D eigenvalue weighted by Crippen LogP contribution is 2.45. The summed E-state index contributed by atoms with van der Waals surface area (Å²) >= 11 is 0. The van der Waals surface area contributed by atoms with Crippen molar-refractivity contribution in [1.29, 1.82) is 0 Å². The average molecular weight is 113 g/mol. The molecule has 0 amide bonds. The Kier molecular flexibility index (Phi) is 1.31. The van der Waals surface area contributed by atoms with E-state index in [9.17, 15) is 0 Å². The van der Waals surface area contributed by atoms with Crippen LogP contribution in [0.1, 0.15) is 20.8 Å². The van der Waals surface area contributed by atoms with Gasteiger partial charge in [-0.1, -0.05) is 13.8 Å². The molecule has 1 rings (SSSR count). The van der Waals surface area contributed by atoms with E-state index in [1.54, 1.807) is 0 Å². The van der Waals surface area contributed by atoms with E-state index in [1.165, 1.54) is 0 Å². The lowest BCUT2D eigenvalue weighted by molar-refractivity contribution is 0.111. The van der Waals surface area contributed by atoms with Crippen LogP contribution in [0.15, 0.2) is 0 Å². The second-order valence-electron chi connectivity index (χ2n) is 2.86. The maximum absolute atomic E-state index is 5.31. The third-order valence-corrected chi connectivity index (χ3v) is 1.55. The highest BCUT2D eigenvalue weighted by Gasteiger charge is 2.46. The first-order chi connectivity index (χ1) is 3.67. The van der Waals surface area contributed by atoms with Gasteiger partial charge in [0.2, 0.25) is 0 Å². The maximum atomic E-state index is 5.31. The molecule has 1 fully saturated rings. The lowest BCUT2D eigenvalue weighted by Gasteiger charge is -2.00. The second kappa shape index (κ2) is 1.73. The molecule has 1 atom stereocenters. The fourth-order valence-electron chi connectivity index (χ4n) is 0.784. The summed E-state index contributed by atoms with van der Waals surface area (Å²) in [5.74, 6) is 0. The molecule has 0 aromatic heterocycles. The van der Waals surface area contributed by atoms with Crippen LogP contribution in [0.4, 0.5) is 0 Å². The summed E-state index contributed by atoms with van der Waals surface area (Å²) in [4.78, 5) is 0. The van der Waals surface area contributed by atoms with Crippen molar-refractivity contribution in [2.45, 2.75) is 26.9 Å². The van der Waals surface area contributed by atoms with Gasteiger partial charge in [-0.05, 0) is 18.8 Å². The summed E-state index contributed by atoms with van der Waals surface area (Å²) in [6.07, 6.45) is 2.66. The van der Waals surface area contributed by atoms with E-state index < -0.39 is 0 Å². The van der Waals surface area contributed by atoms with E-state index in [4.69, 9.17) is 4.74 Å². The van der Waals surface area contributed by atoms with Crippen LogP contribution in [0.3, 0.4) is 0 Å². The molecule has 1 aliphatic rings. The lowest BCUT2D eigenvalue weighted by Crippen LogP contribution is -2.00. The molecule has 0 aromatic carbocycles. The molecule has 1 saturated carbocycles. The molecule has 0 saturated heterocycles. The highest BCUT2D eigenvalue weighted by molar-refractivity contribution is 5.15. The predicted octanol–water partition coefficient (Wildman–Crippen LogP) is 1.64. The van der Waals surface area contributed by atoms with Crippen molar-refractivity contribution < 1.29 is 4.74 Å². The number of ether oxygens (including phenoxy) is 1. The zero-order valence-electron chi connectivity index (χ0n) is 5.77. The number of rotatable bonds is 2. The largest absolute Gasteiger partial charge is 0.378 e. The van der Waals surface area contributed by atoms with Gasteiger partial charge >= 0.3 is 0 Å². The molecule has 1 radical (unpaired) electrons. The van der Waals surface area contributed by atoms with E-state index >= 15 is 0 Å². The molecule has 1 unspecified atom stereocenters. The Bertz CT molecular complexity index is 86.4. The SMILES string of the molecule is CCOC1[CH]C1(C)C. The zero-order valence-corrected chi connectivity index (χ0v) is 5.77. The Morgan fingerprint density at radius 2 is 2.12 bits per heavy atom. The van der Waals surface area contributed by atoms with Crippen LogP contribution < -0.4 is 0 Å². The standard InChI is InChI=1S/C7H13O/c1-4-8-6-5-7(6,2)3/h5-6H,4H2,1-3H3. The molecule has 0 heterocycles. The topological polar surface area (TPSA) is 9.23 Å². The van der Waals surface area contributed by atoms with Crippen molar-refractivity contribution in [3.63, 3.8) is 0 Å². The van der Waals surface area contributed by atoms with Crippen LogP contribution in [0.5, 0.6) is 0 Å². The second-order valence-corrected chi connectivity index (χ2v) is 2.86. The highest BCUT2D eigenvalue weighted by atomic mass is 16.5. The van der Waals surface area contributed by atoms with Crippen molar-refractivity contribution in [1.82, 2.24) is 0 Å². The Balaban J connectivity index is 2.17. The van der Waals surface area contributed by atoms with Crippen LogP contribution in [-0.4, -0.2) is 12.7 Å². The quantitative estimate of drug-likeness (QED) is 0.529. The first kappa shape index (κ1) is 6.09. The molecule has 0 bridgehead atoms. The van der Waals surface area contributed by atoms with E-state index in [-0.39, 0.29) is 0 Å². The van der Waals surface area contributed by atoms with Gasteiger partial charge in [0.05, 0.1) is 6.10 Å². The van der Waals surface area contributed by atoms with E-state index in [0.29, 0.717) is 11.5 Å². The third-order valence-electron chi connectivity index (χ3n) is 1.55. The first-order valence-corrected chi connectivity index (χ1v) is 3.14. The molecule has 1 aliphatic carbocycles. The van der Waals surface area contributed by atoms with Crippen molar-refractivity contribution in [3.8, 4) is 0 Å². The Morgan fingerprint density at radius 1 is 1.62 bits per heavy atom. The maximum Gasteiger partial charge on any atom is 0.0667 e. The van der Waals surface area contributed by atoms with Crippen molar-refractivity contribution in [2.75, 3.05) is 6.61 Å². The van der Waals surface area contributed by atoms with Gasteiger partial charge < -0.3 is 4.74 Å². The van der Waals surface area contributed by atoms with Crippen LogP contribution >= 0.6 is 0 Å². The molecule has 0 spiro atoms. The molecule has 1 nitrogen and oxygen atoms in total. The molecule has 1 heteroatoms. The van der Waals surface area contributed by atoms with Gasteiger partial charge in [-0.25, -0.2) is 0 Å². The smallest absolute Gasteiger partial charge is 0.0667 e. The van der Waals surface area contributed by atoms with Gasteiger partial charge in [-0.3, -0.25) is 0 Å². The van der Waals surface area contributed by atoms with Crippen molar-refractivity contribution >= 4 is 0 Å². The Labute approximate surface area is 51.0 Å². The first-order valence-electron chi connectivity index (χ1n) is 3.14. The summed E-state index contributed by atoms with van der Waals surface area (Å²) in [6, 6.07) is 0. The van der Waals surface area contributed by atoms with Gasteiger partial charge in [0.1, 0.15) is 0 Å². The fourth-order valence-corrected chi connectivity index (χ4v) is 0.784. The summed E-state index contributed by atoms with van der Waals surface area (Å²) < 4.78 is 5.31. The fraction of sp³-hybridized carbons (Fsp3) is 0.857. The normalized spacial score (nSPS) is 32.6. The van der Waals surface area contributed by atoms with Gasteiger partial charge in [0.15, 0.2) is 0 Å². The minimum atomic E-state index is 0.371. The minimum Gasteiger partial charge on any atom is -0.378 e. The van der Waals surface area contributed by atoms with Crippen LogP contribution in [0, 0.1) is 11.8 Å². The van der Waals surface area contributed by atoms with Gasteiger partial charge in [0.25, 0.3) is 0 Å². The number of hydrogen-bond donors (Lipinski definition) is 0. The summed E-state index contributed by atoms with van der Waals surface area (Å²) in [7, 11) is 0. The Hall–Kier alpha value is -0.0400. The molecular formula is C7H13O. The van der Waals surface area contributed by atoms with Gasteiger partial charge in [-0.2, -0.15) is 0 Å². The molecule has 8 heavy (non-hydrogen) atoms. The van der Waals surface area contributed by atoms with Gasteiger partial charge in [0, 0.05) is 6.61 Å². The van der Waals surface area contributed by atoms with Crippen LogP contribution in [-0.2, 0) is 4.74 Å². The molecule has 0 aliphatic heterocycles. The van der Waals surface area contributed by atoms with E-state index in [2.05, 4.69) is 20.3 Å². The minimum absolute atomic E-state index is 0.371. The lowest BCUT2D eigenvalue weighted by atomic mass is 10.2. The predicted molar refractivity (Wildman–Crippen MR) is 33.5 cm³/mol. The molecule has 0 aromatic rings. The van der Waals surface area contributed by atoms with Crippen LogP contribution in [0.25, 0.3) is 0 Å². The summed E-state index contributed by atoms with van der Waals surface area (Å²) in [6.45, 7) is 7.24. The van der Waals surface area contributed by atoms with Crippen molar-refractivity contribution in [3.05, 3.63) is 6.42 Å². The molecule has 0 N–H and O–H groups in total. The molecule has 47 valence electrons. The van der Waals surface area contributed by atoms with Crippen LogP contribution in [0.2, 0.25) is 0 Å². The monoisotopic (exact) mass is 113 g/mol. The average Bonchev–Trinajstić information content (AvgIpc) is 2.15. The summed E-state index contributed by atoms with van der Waals surface area (Å²) in [5, 5.41) is 0. The van der Waals surface area contributed by atoms with E-state index in [0.717, 1.165) is 6.61 Å². The van der Waals surface area contributed by atoms with Crippen molar-refractivity contribution in [2.24, 2.45) is 5.41 Å². The number of hydrogen-bond acceptors (Lipinski definition) is 1. The summed E-state index contributed by atoms with van der Waals surface area (Å²) in [5.41, 5.74) is 0.371.